The highest BCUT2D eigenvalue weighted by molar-refractivity contribution is 6.17. The molecule has 0 saturated heterocycles. The van der Waals surface area contributed by atoms with Crippen LogP contribution >= 0.6 is 11.6 Å². The van der Waals surface area contributed by atoms with E-state index in [4.69, 9.17) is 11.6 Å². The lowest BCUT2D eigenvalue weighted by Gasteiger charge is -2.17. The van der Waals surface area contributed by atoms with Crippen LogP contribution in [0.2, 0.25) is 0 Å². The SMILES string of the molecule is CN(Cc1ccccc1F)C(=O)CCCCCl. The number of carbonyl (C=O) groups excluding carboxylic acids is 1. The topological polar surface area (TPSA) is 20.3 Å². The van der Waals surface area contributed by atoms with E-state index in [0.717, 1.165) is 12.8 Å². The molecule has 17 heavy (non-hydrogen) atoms. The van der Waals surface area contributed by atoms with Gasteiger partial charge in [-0.25, -0.2) is 4.39 Å². The van der Waals surface area contributed by atoms with Crippen LogP contribution in [-0.4, -0.2) is 23.7 Å². The van der Waals surface area contributed by atoms with E-state index in [1.165, 1.54) is 6.07 Å². The monoisotopic (exact) mass is 257 g/mol. The Labute approximate surface area is 106 Å². The molecule has 2 nitrogen and oxygen atoms in total. The highest BCUT2D eigenvalue weighted by atomic mass is 35.5. The highest BCUT2D eigenvalue weighted by Gasteiger charge is 2.10. The fraction of sp³-hybridized carbons (Fsp3) is 0.462. The van der Waals surface area contributed by atoms with Gasteiger partial charge in [0, 0.05) is 31.5 Å². The first-order valence-electron chi connectivity index (χ1n) is 5.68. The summed E-state index contributed by atoms with van der Waals surface area (Å²) in [5.41, 5.74) is 0.542. The molecule has 0 fully saturated rings. The molecule has 0 N–H and O–H groups in total. The fourth-order valence-corrected chi connectivity index (χ4v) is 1.72. The zero-order valence-corrected chi connectivity index (χ0v) is 10.7. The average molecular weight is 258 g/mol. The second kappa shape index (κ2) is 7.28. The first-order valence-corrected chi connectivity index (χ1v) is 6.22. The van der Waals surface area contributed by atoms with E-state index >= 15 is 0 Å². The molecule has 1 amide bonds. The number of halogens is 2. The van der Waals surface area contributed by atoms with Gasteiger partial charge in [-0.1, -0.05) is 18.2 Å². The van der Waals surface area contributed by atoms with Crippen LogP contribution in [0, 0.1) is 5.82 Å². The molecule has 1 rings (SSSR count). The Bertz CT molecular complexity index is 370. The predicted molar refractivity (Wildman–Crippen MR) is 67.4 cm³/mol. The van der Waals surface area contributed by atoms with Crippen molar-refractivity contribution in [2.75, 3.05) is 12.9 Å². The van der Waals surface area contributed by atoms with Crippen molar-refractivity contribution in [1.82, 2.24) is 4.90 Å². The quantitative estimate of drug-likeness (QED) is 0.566. The summed E-state index contributed by atoms with van der Waals surface area (Å²) in [5, 5.41) is 0. The van der Waals surface area contributed by atoms with Crippen LogP contribution in [-0.2, 0) is 11.3 Å². The number of rotatable bonds is 6. The Kier molecular flexibility index (Phi) is 5.98. The zero-order chi connectivity index (χ0) is 12.7. The number of hydrogen-bond donors (Lipinski definition) is 0. The molecule has 0 bridgehead atoms. The van der Waals surface area contributed by atoms with Gasteiger partial charge in [0.1, 0.15) is 5.82 Å². The van der Waals surface area contributed by atoms with Crippen molar-refractivity contribution in [2.45, 2.75) is 25.8 Å². The van der Waals surface area contributed by atoms with Gasteiger partial charge >= 0.3 is 0 Å². The summed E-state index contributed by atoms with van der Waals surface area (Å²) in [6.07, 6.45) is 2.09. The highest BCUT2D eigenvalue weighted by Crippen LogP contribution is 2.10. The minimum Gasteiger partial charge on any atom is -0.341 e. The number of carbonyl (C=O) groups is 1. The molecule has 0 spiro atoms. The Morgan fingerprint density at radius 3 is 2.71 bits per heavy atom. The second-order valence-electron chi connectivity index (χ2n) is 3.99. The zero-order valence-electron chi connectivity index (χ0n) is 9.96. The van der Waals surface area contributed by atoms with E-state index in [1.54, 1.807) is 30.1 Å². The number of alkyl halides is 1. The van der Waals surface area contributed by atoms with Crippen LogP contribution in [0.3, 0.4) is 0 Å². The summed E-state index contributed by atoms with van der Waals surface area (Å²) in [6.45, 7) is 0.312. The van der Waals surface area contributed by atoms with Gasteiger partial charge in [0.05, 0.1) is 0 Å². The first kappa shape index (κ1) is 14.0. The summed E-state index contributed by atoms with van der Waals surface area (Å²) in [4.78, 5) is 13.2. The molecule has 0 atom stereocenters. The summed E-state index contributed by atoms with van der Waals surface area (Å²) < 4.78 is 13.4. The van der Waals surface area contributed by atoms with Gasteiger partial charge in [-0.3, -0.25) is 4.79 Å². The first-order chi connectivity index (χ1) is 8.15. The maximum atomic E-state index is 13.4. The number of hydrogen-bond acceptors (Lipinski definition) is 1. The minimum absolute atomic E-state index is 0.0263. The number of unbranched alkanes of at least 4 members (excludes halogenated alkanes) is 1. The van der Waals surface area contributed by atoms with Crippen molar-refractivity contribution < 1.29 is 9.18 Å². The lowest BCUT2D eigenvalue weighted by atomic mass is 10.2. The summed E-state index contributed by atoms with van der Waals surface area (Å²) in [7, 11) is 1.69. The molecule has 0 radical (unpaired) electrons. The van der Waals surface area contributed by atoms with Gasteiger partial charge in [0.25, 0.3) is 0 Å². The third-order valence-corrected chi connectivity index (χ3v) is 2.83. The largest absolute Gasteiger partial charge is 0.341 e. The van der Waals surface area contributed by atoms with E-state index in [-0.39, 0.29) is 11.7 Å². The van der Waals surface area contributed by atoms with Crippen molar-refractivity contribution in [2.24, 2.45) is 0 Å². The van der Waals surface area contributed by atoms with Gasteiger partial charge in [-0.2, -0.15) is 0 Å². The molecule has 0 aliphatic heterocycles. The number of benzene rings is 1. The van der Waals surface area contributed by atoms with Gasteiger partial charge in [-0.15, -0.1) is 11.6 Å². The number of nitrogens with zero attached hydrogens (tertiary/aromatic N) is 1. The van der Waals surface area contributed by atoms with E-state index in [2.05, 4.69) is 0 Å². The van der Waals surface area contributed by atoms with E-state index < -0.39 is 0 Å². The molecule has 4 heteroatoms. The van der Waals surface area contributed by atoms with Crippen molar-refractivity contribution in [3.63, 3.8) is 0 Å². The van der Waals surface area contributed by atoms with Crippen LogP contribution in [0.15, 0.2) is 24.3 Å². The Hall–Kier alpha value is -1.09. The van der Waals surface area contributed by atoms with E-state index in [1.807, 2.05) is 0 Å². The molecule has 0 aliphatic rings. The lowest BCUT2D eigenvalue weighted by Crippen LogP contribution is -2.26. The van der Waals surface area contributed by atoms with Crippen molar-refractivity contribution in [3.8, 4) is 0 Å². The van der Waals surface area contributed by atoms with Crippen molar-refractivity contribution >= 4 is 17.5 Å². The standard InChI is InChI=1S/C13H17ClFNO/c1-16(13(17)8-4-5-9-14)10-11-6-2-3-7-12(11)15/h2-3,6-7H,4-5,8-10H2,1H3. The molecule has 1 aromatic carbocycles. The molecule has 1 aromatic rings. The molecule has 0 saturated carbocycles. The second-order valence-corrected chi connectivity index (χ2v) is 4.37. The number of amides is 1. The minimum atomic E-state index is -0.270. The van der Waals surface area contributed by atoms with Crippen LogP contribution in [0.5, 0.6) is 0 Å². The molecular formula is C13H17ClFNO. The van der Waals surface area contributed by atoms with Crippen LogP contribution < -0.4 is 0 Å². The predicted octanol–water partition coefficient (Wildman–Crippen LogP) is 3.19. The molecular weight excluding hydrogens is 241 g/mol. The van der Waals surface area contributed by atoms with Gasteiger partial charge in [-0.05, 0) is 18.9 Å². The van der Waals surface area contributed by atoms with Gasteiger partial charge < -0.3 is 4.90 Å². The summed E-state index contributed by atoms with van der Waals surface area (Å²) >= 11 is 5.54. The summed E-state index contributed by atoms with van der Waals surface area (Å²) in [6, 6.07) is 6.50. The van der Waals surface area contributed by atoms with E-state index in [9.17, 15) is 9.18 Å². The normalized spacial score (nSPS) is 10.3. The molecule has 0 aliphatic carbocycles. The third-order valence-electron chi connectivity index (χ3n) is 2.57. The van der Waals surface area contributed by atoms with Crippen LogP contribution in [0.4, 0.5) is 4.39 Å². The lowest BCUT2D eigenvalue weighted by molar-refractivity contribution is -0.130. The van der Waals surface area contributed by atoms with Crippen molar-refractivity contribution in [3.05, 3.63) is 35.6 Å². The molecule has 0 aromatic heterocycles. The van der Waals surface area contributed by atoms with Gasteiger partial charge in [0.2, 0.25) is 5.91 Å². The van der Waals surface area contributed by atoms with Gasteiger partial charge in [0.15, 0.2) is 0 Å². The molecule has 94 valence electrons. The maximum absolute atomic E-state index is 13.4. The maximum Gasteiger partial charge on any atom is 0.222 e. The smallest absolute Gasteiger partial charge is 0.222 e. The Morgan fingerprint density at radius 1 is 1.35 bits per heavy atom. The third kappa shape index (κ3) is 4.73. The average Bonchev–Trinajstić information content (AvgIpc) is 2.32. The molecule has 0 heterocycles. The molecule has 0 unspecified atom stereocenters. The fourth-order valence-electron chi connectivity index (χ4n) is 1.53. The van der Waals surface area contributed by atoms with E-state index in [0.29, 0.717) is 24.4 Å². The Morgan fingerprint density at radius 2 is 2.06 bits per heavy atom. The summed E-state index contributed by atoms with van der Waals surface area (Å²) in [5.74, 6) is 0.330. The van der Waals surface area contributed by atoms with Crippen LogP contribution in [0.25, 0.3) is 0 Å². The Balaban J connectivity index is 2.46. The van der Waals surface area contributed by atoms with Crippen molar-refractivity contribution in [1.29, 1.82) is 0 Å². The van der Waals surface area contributed by atoms with Crippen LogP contribution in [0.1, 0.15) is 24.8 Å².